The molecule has 2 N–H and O–H groups in total. The third kappa shape index (κ3) is 5.91. The van der Waals surface area contributed by atoms with E-state index >= 15 is 0 Å². The van der Waals surface area contributed by atoms with Gasteiger partial charge in [0, 0.05) is 13.0 Å². The Bertz CT molecular complexity index is 500. The van der Waals surface area contributed by atoms with Crippen LogP contribution in [0.5, 0.6) is 0 Å². The Kier molecular flexibility index (Phi) is 7.49. The van der Waals surface area contributed by atoms with Gasteiger partial charge in [0.05, 0.1) is 16.4 Å². The molecule has 3 nitrogen and oxygen atoms in total. The van der Waals surface area contributed by atoms with E-state index in [2.05, 4.69) is 44.9 Å². The van der Waals surface area contributed by atoms with Crippen molar-refractivity contribution < 1.29 is 9.90 Å². The highest BCUT2D eigenvalue weighted by Gasteiger charge is 2.19. The largest absolute Gasteiger partial charge is 0.395 e. The summed E-state index contributed by atoms with van der Waals surface area (Å²) in [5, 5.41) is 11.7. The minimum absolute atomic E-state index is 0.0264. The first kappa shape index (κ1) is 17.7. The van der Waals surface area contributed by atoms with Crippen LogP contribution in [0.1, 0.15) is 48.7 Å². The summed E-state index contributed by atoms with van der Waals surface area (Å²) < 4.78 is 0. The normalized spacial score (nSPS) is 10.9. The van der Waals surface area contributed by atoms with Crippen molar-refractivity contribution in [1.82, 2.24) is 5.32 Å². The number of aliphatic hydroxyl groups excluding tert-OH is 1. The molecule has 0 fully saturated rings. The molecular weight excluding hydrogens is 282 g/mol. The highest BCUT2D eigenvalue weighted by molar-refractivity contribution is 7.14. The maximum Gasteiger partial charge on any atom is 0.261 e. The summed E-state index contributed by atoms with van der Waals surface area (Å²) in [6.07, 6.45) is 0.462. The molecule has 0 atom stereocenters. The lowest BCUT2D eigenvalue weighted by Gasteiger charge is -2.24. The second-order valence-electron chi connectivity index (χ2n) is 5.80. The first-order valence-electron chi connectivity index (χ1n) is 7.43. The van der Waals surface area contributed by atoms with Crippen molar-refractivity contribution >= 4 is 17.2 Å². The summed E-state index contributed by atoms with van der Waals surface area (Å²) in [5.74, 6) is 7.37. The van der Waals surface area contributed by atoms with E-state index in [0.29, 0.717) is 35.6 Å². The van der Waals surface area contributed by atoms with Gasteiger partial charge in [0.2, 0.25) is 0 Å². The number of hydrogen-bond acceptors (Lipinski definition) is 3. The lowest BCUT2D eigenvalue weighted by molar-refractivity contribution is 0.0941. The molecule has 0 saturated heterocycles. The molecule has 1 rings (SSSR count). The number of amides is 1. The topological polar surface area (TPSA) is 49.3 Å². The Morgan fingerprint density at radius 2 is 1.95 bits per heavy atom. The molecule has 0 aromatic carbocycles. The summed E-state index contributed by atoms with van der Waals surface area (Å²) in [4.78, 5) is 13.7. The summed E-state index contributed by atoms with van der Waals surface area (Å²) >= 11 is 1.39. The molecule has 1 aromatic rings. The molecule has 0 saturated carbocycles. The first-order valence-corrected chi connectivity index (χ1v) is 8.25. The summed E-state index contributed by atoms with van der Waals surface area (Å²) in [5.41, 5.74) is 0. The number of aliphatic hydroxyl groups is 1. The highest BCUT2D eigenvalue weighted by Crippen LogP contribution is 2.20. The SMILES string of the molecule is CC(C)C(CNC(=O)c1ccc(C#CCCO)s1)C(C)C. The van der Waals surface area contributed by atoms with Gasteiger partial charge in [-0.2, -0.15) is 0 Å². The van der Waals surface area contributed by atoms with Crippen molar-refractivity contribution in [1.29, 1.82) is 0 Å². The van der Waals surface area contributed by atoms with E-state index in [0.717, 1.165) is 4.88 Å². The molecule has 1 aromatic heterocycles. The fraction of sp³-hybridized carbons (Fsp3) is 0.588. The third-order valence-electron chi connectivity index (χ3n) is 3.49. The Morgan fingerprint density at radius 3 is 2.52 bits per heavy atom. The molecule has 4 heteroatoms. The van der Waals surface area contributed by atoms with Gasteiger partial charge in [-0.05, 0) is 29.9 Å². The minimum Gasteiger partial charge on any atom is -0.395 e. The number of thiophene rings is 1. The van der Waals surface area contributed by atoms with Crippen LogP contribution in [0.3, 0.4) is 0 Å². The summed E-state index contributed by atoms with van der Waals surface area (Å²) in [6, 6.07) is 3.66. The van der Waals surface area contributed by atoms with Gasteiger partial charge < -0.3 is 10.4 Å². The zero-order chi connectivity index (χ0) is 15.8. The van der Waals surface area contributed by atoms with Crippen molar-refractivity contribution in [3.8, 4) is 11.8 Å². The van der Waals surface area contributed by atoms with Gasteiger partial charge in [0.1, 0.15) is 0 Å². The molecule has 0 radical (unpaired) electrons. The van der Waals surface area contributed by atoms with Gasteiger partial charge in [0.15, 0.2) is 0 Å². The van der Waals surface area contributed by atoms with E-state index in [1.807, 2.05) is 12.1 Å². The Hall–Kier alpha value is -1.31. The number of nitrogens with one attached hydrogen (secondary N) is 1. The van der Waals surface area contributed by atoms with Gasteiger partial charge in [0.25, 0.3) is 5.91 Å². The zero-order valence-corrected chi connectivity index (χ0v) is 14.1. The van der Waals surface area contributed by atoms with Gasteiger partial charge in [-0.15, -0.1) is 11.3 Å². The predicted octanol–water partition coefficient (Wildman–Crippen LogP) is 3.14. The molecule has 1 amide bonds. The molecule has 0 bridgehead atoms. The van der Waals surface area contributed by atoms with Crippen LogP contribution < -0.4 is 5.32 Å². The second-order valence-corrected chi connectivity index (χ2v) is 6.88. The molecule has 21 heavy (non-hydrogen) atoms. The number of hydrogen-bond donors (Lipinski definition) is 2. The van der Waals surface area contributed by atoms with Crippen LogP contribution in [0.2, 0.25) is 0 Å². The molecule has 0 aliphatic carbocycles. The molecule has 0 unspecified atom stereocenters. The van der Waals surface area contributed by atoms with Crippen molar-refractivity contribution in [3.05, 3.63) is 21.9 Å². The molecule has 1 heterocycles. The fourth-order valence-corrected chi connectivity index (χ4v) is 3.07. The fourth-order valence-electron chi connectivity index (χ4n) is 2.27. The van der Waals surface area contributed by atoms with Crippen LogP contribution in [0.4, 0.5) is 0 Å². The van der Waals surface area contributed by atoms with Crippen LogP contribution in [0.15, 0.2) is 12.1 Å². The van der Waals surface area contributed by atoms with Gasteiger partial charge in [-0.1, -0.05) is 39.5 Å². The summed E-state index contributed by atoms with van der Waals surface area (Å²) in [7, 11) is 0. The first-order chi connectivity index (χ1) is 9.95. The second kappa shape index (κ2) is 8.86. The quantitative estimate of drug-likeness (QED) is 0.793. The number of rotatable bonds is 6. The monoisotopic (exact) mass is 307 g/mol. The predicted molar refractivity (Wildman–Crippen MR) is 88.4 cm³/mol. The van der Waals surface area contributed by atoms with Gasteiger partial charge in [-0.25, -0.2) is 0 Å². The van der Waals surface area contributed by atoms with E-state index in [1.54, 1.807) is 0 Å². The van der Waals surface area contributed by atoms with Crippen LogP contribution >= 0.6 is 11.3 Å². The van der Waals surface area contributed by atoms with Crippen LogP contribution in [-0.2, 0) is 0 Å². The van der Waals surface area contributed by atoms with Crippen LogP contribution in [-0.4, -0.2) is 24.2 Å². The lowest BCUT2D eigenvalue weighted by Crippen LogP contribution is -2.33. The Morgan fingerprint density at radius 1 is 1.29 bits per heavy atom. The average molecular weight is 307 g/mol. The van der Waals surface area contributed by atoms with Crippen LogP contribution in [0.25, 0.3) is 0 Å². The van der Waals surface area contributed by atoms with Crippen molar-refractivity contribution in [2.75, 3.05) is 13.2 Å². The molecule has 0 spiro atoms. The van der Waals surface area contributed by atoms with Crippen molar-refractivity contribution in [2.45, 2.75) is 34.1 Å². The Balaban J connectivity index is 2.58. The molecule has 116 valence electrons. The smallest absolute Gasteiger partial charge is 0.261 e. The van der Waals surface area contributed by atoms with Crippen molar-refractivity contribution in [2.24, 2.45) is 17.8 Å². The van der Waals surface area contributed by atoms with Gasteiger partial charge >= 0.3 is 0 Å². The minimum atomic E-state index is -0.0264. The lowest BCUT2D eigenvalue weighted by atomic mass is 9.85. The standard InChI is InChI=1S/C17H25NO2S/c1-12(2)15(13(3)4)11-18-17(20)16-9-8-14(21-16)7-5-6-10-19/h8-9,12-13,15,19H,6,10-11H2,1-4H3,(H,18,20). The molecular formula is C17H25NO2S. The molecule has 0 aliphatic rings. The van der Waals surface area contributed by atoms with E-state index in [-0.39, 0.29) is 12.5 Å². The maximum atomic E-state index is 12.1. The third-order valence-corrected chi connectivity index (χ3v) is 4.49. The summed E-state index contributed by atoms with van der Waals surface area (Å²) in [6.45, 7) is 9.54. The maximum absolute atomic E-state index is 12.1. The number of carbonyl (C=O) groups is 1. The Labute approximate surface area is 131 Å². The highest BCUT2D eigenvalue weighted by atomic mass is 32.1. The average Bonchev–Trinajstić information content (AvgIpc) is 2.87. The zero-order valence-electron chi connectivity index (χ0n) is 13.3. The number of carbonyl (C=O) groups excluding carboxylic acids is 1. The molecule has 0 aliphatic heterocycles. The van der Waals surface area contributed by atoms with E-state index in [4.69, 9.17) is 5.11 Å². The van der Waals surface area contributed by atoms with Crippen LogP contribution in [0, 0.1) is 29.6 Å². The van der Waals surface area contributed by atoms with E-state index in [1.165, 1.54) is 11.3 Å². The van der Waals surface area contributed by atoms with E-state index in [9.17, 15) is 4.79 Å². The van der Waals surface area contributed by atoms with E-state index < -0.39 is 0 Å². The van der Waals surface area contributed by atoms with Crippen molar-refractivity contribution in [3.63, 3.8) is 0 Å². The van der Waals surface area contributed by atoms with Gasteiger partial charge in [-0.3, -0.25) is 4.79 Å².